The Hall–Kier alpha value is -0.120. The molecular weight excluding hydrogens is 214 g/mol. The second kappa shape index (κ2) is 12.3. The van der Waals surface area contributed by atoms with Gasteiger partial charge in [0, 0.05) is 6.54 Å². The van der Waals surface area contributed by atoms with Crippen LogP contribution in [-0.2, 0) is 5.11 Å². The van der Waals surface area contributed by atoms with Crippen molar-refractivity contribution < 1.29 is 10.2 Å². The number of unbranched alkanes of at least 4 members (excludes halogenated alkanes) is 5. The molecule has 0 aliphatic heterocycles. The molecule has 0 aliphatic rings. The predicted molar refractivity (Wildman–Crippen MR) is 71.7 cm³/mol. The quantitative estimate of drug-likeness (QED) is 0.536. The Kier molecular flexibility index (Phi) is 12.3. The lowest BCUT2D eigenvalue weighted by molar-refractivity contribution is 0.108. The topological polar surface area (TPSA) is 43.4 Å². The number of rotatable bonds is 12. The summed E-state index contributed by atoms with van der Waals surface area (Å²) >= 11 is 0. The van der Waals surface area contributed by atoms with Crippen LogP contribution in [0.4, 0.5) is 0 Å². The van der Waals surface area contributed by atoms with Crippen LogP contribution >= 0.6 is 0 Å². The third kappa shape index (κ3) is 10.7. The minimum atomic E-state index is -0.170. The largest absolute Gasteiger partial charge is 0.392 e. The third-order valence-corrected chi connectivity index (χ3v) is 3.30. The van der Waals surface area contributed by atoms with Gasteiger partial charge in [-0.15, -0.1) is 0 Å². The molecule has 0 saturated carbocycles. The summed E-state index contributed by atoms with van der Waals surface area (Å²) in [6.45, 7) is 7.18. The molecule has 0 aliphatic carbocycles. The molecule has 1 radical (unpaired) electrons. The van der Waals surface area contributed by atoms with E-state index in [1.54, 1.807) is 0 Å². The first kappa shape index (κ1) is 16.9. The summed E-state index contributed by atoms with van der Waals surface area (Å²) < 4.78 is 0. The second-order valence-corrected chi connectivity index (χ2v) is 4.75. The van der Waals surface area contributed by atoms with Gasteiger partial charge in [-0.05, 0) is 25.9 Å². The zero-order valence-corrected chi connectivity index (χ0v) is 11.7. The van der Waals surface area contributed by atoms with Gasteiger partial charge in [-0.1, -0.05) is 46.0 Å². The molecule has 0 rings (SSSR count). The monoisotopic (exact) mass is 244 g/mol. The highest BCUT2D eigenvalue weighted by Crippen LogP contribution is 2.09. The normalized spacial score (nSPS) is 13.2. The van der Waals surface area contributed by atoms with Gasteiger partial charge in [0.05, 0.1) is 12.7 Å². The van der Waals surface area contributed by atoms with Gasteiger partial charge in [0.15, 0.2) is 0 Å². The summed E-state index contributed by atoms with van der Waals surface area (Å²) in [5.74, 6) is 0. The van der Waals surface area contributed by atoms with Crippen molar-refractivity contribution in [2.24, 2.45) is 0 Å². The van der Waals surface area contributed by atoms with Crippen molar-refractivity contribution in [3.63, 3.8) is 0 Å². The van der Waals surface area contributed by atoms with Crippen molar-refractivity contribution in [2.45, 2.75) is 64.9 Å². The van der Waals surface area contributed by atoms with Crippen LogP contribution in [0, 0.1) is 0 Å². The number of hydrogen-bond acceptors (Lipinski definition) is 2. The van der Waals surface area contributed by atoms with E-state index in [-0.39, 0.29) is 12.7 Å². The highest BCUT2D eigenvalue weighted by Gasteiger charge is 2.08. The molecule has 1 unspecified atom stereocenters. The van der Waals surface area contributed by atoms with Crippen molar-refractivity contribution in [3.05, 3.63) is 0 Å². The number of likely N-dealkylation sites (N-methyl/N-ethyl adjacent to an activating group) is 1. The summed E-state index contributed by atoms with van der Waals surface area (Å²) in [5, 5.41) is 20.1. The number of hydrogen-bond donors (Lipinski definition) is 1. The predicted octanol–water partition coefficient (Wildman–Crippen LogP) is 2.85. The van der Waals surface area contributed by atoms with E-state index < -0.39 is 0 Å². The standard InChI is InChI=1S/C14H30NO2/c1-3-15(4-2)13-14(17)11-9-7-5-6-8-10-12-16/h14,17H,3-13H2,1-2H3. The van der Waals surface area contributed by atoms with E-state index in [0.29, 0.717) is 0 Å². The smallest absolute Gasteiger partial charge is 0.0822 e. The lowest BCUT2D eigenvalue weighted by Crippen LogP contribution is -2.32. The molecule has 0 bridgehead atoms. The van der Waals surface area contributed by atoms with Gasteiger partial charge in [0.25, 0.3) is 0 Å². The average molecular weight is 244 g/mol. The zero-order valence-electron chi connectivity index (χ0n) is 11.7. The first-order chi connectivity index (χ1) is 8.24. The van der Waals surface area contributed by atoms with Gasteiger partial charge in [0.2, 0.25) is 0 Å². The number of aliphatic hydroxyl groups excluding tert-OH is 1. The molecule has 17 heavy (non-hydrogen) atoms. The second-order valence-electron chi connectivity index (χ2n) is 4.75. The highest BCUT2D eigenvalue weighted by molar-refractivity contribution is 4.62. The van der Waals surface area contributed by atoms with Crippen LogP contribution in [0.25, 0.3) is 0 Å². The molecule has 0 spiro atoms. The fourth-order valence-corrected chi connectivity index (χ4v) is 2.06. The molecule has 0 saturated heterocycles. The van der Waals surface area contributed by atoms with Gasteiger partial charge >= 0.3 is 0 Å². The molecule has 1 atom stereocenters. The lowest BCUT2D eigenvalue weighted by Gasteiger charge is -2.21. The SMILES string of the molecule is CCN(CC)CC(O)CCCCCCCC[O]. The van der Waals surface area contributed by atoms with E-state index >= 15 is 0 Å². The number of nitrogens with zero attached hydrogens (tertiary/aromatic N) is 1. The van der Waals surface area contributed by atoms with Crippen molar-refractivity contribution in [2.75, 3.05) is 26.2 Å². The molecule has 103 valence electrons. The first-order valence-electron chi connectivity index (χ1n) is 7.23. The van der Waals surface area contributed by atoms with E-state index in [1.165, 1.54) is 19.3 Å². The molecule has 0 aromatic rings. The Morgan fingerprint density at radius 3 is 2.00 bits per heavy atom. The third-order valence-electron chi connectivity index (χ3n) is 3.30. The van der Waals surface area contributed by atoms with Crippen LogP contribution in [0.2, 0.25) is 0 Å². The van der Waals surface area contributed by atoms with Gasteiger partial charge in [-0.2, -0.15) is 0 Å². The molecule has 0 heterocycles. The van der Waals surface area contributed by atoms with Gasteiger partial charge in [-0.25, -0.2) is 5.11 Å². The Bertz CT molecular complexity index is 149. The van der Waals surface area contributed by atoms with E-state index in [4.69, 9.17) is 0 Å². The number of aliphatic hydroxyl groups is 1. The summed E-state index contributed by atoms with van der Waals surface area (Å²) in [6, 6.07) is 0. The van der Waals surface area contributed by atoms with Crippen molar-refractivity contribution in [1.29, 1.82) is 0 Å². The fourth-order valence-electron chi connectivity index (χ4n) is 2.06. The molecule has 0 aromatic carbocycles. The summed E-state index contributed by atoms with van der Waals surface area (Å²) in [4.78, 5) is 2.26. The van der Waals surface area contributed by atoms with Crippen LogP contribution < -0.4 is 0 Å². The van der Waals surface area contributed by atoms with Crippen LogP contribution in [0.15, 0.2) is 0 Å². The van der Waals surface area contributed by atoms with E-state index in [9.17, 15) is 10.2 Å². The van der Waals surface area contributed by atoms with Gasteiger partial charge in [-0.3, -0.25) is 0 Å². The van der Waals surface area contributed by atoms with Crippen molar-refractivity contribution >= 4 is 0 Å². The van der Waals surface area contributed by atoms with Crippen molar-refractivity contribution in [1.82, 2.24) is 4.90 Å². The van der Waals surface area contributed by atoms with Crippen molar-refractivity contribution in [3.8, 4) is 0 Å². The Labute approximate surface area is 107 Å². The Morgan fingerprint density at radius 1 is 0.941 bits per heavy atom. The van der Waals surface area contributed by atoms with Crippen LogP contribution in [0.5, 0.6) is 0 Å². The highest BCUT2D eigenvalue weighted by atomic mass is 16.3. The van der Waals surface area contributed by atoms with Gasteiger partial charge < -0.3 is 10.0 Å². The summed E-state index contributed by atoms with van der Waals surface area (Å²) in [6.07, 6.45) is 7.32. The van der Waals surface area contributed by atoms with Gasteiger partial charge in [0.1, 0.15) is 0 Å². The summed E-state index contributed by atoms with van der Waals surface area (Å²) in [7, 11) is 0. The van der Waals surface area contributed by atoms with Crippen LogP contribution in [0.3, 0.4) is 0 Å². The molecule has 0 fully saturated rings. The minimum Gasteiger partial charge on any atom is -0.392 e. The fraction of sp³-hybridized carbons (Fsp3) is 1.00. The van der Waals surface area contributed by atoms with E-state index in [1.807, 2.05) is 0 Å². The summed E-state index contributed by atoms with van der Waals surface area (Å²) in [5.41, 5.74) is 0. The maximum Gasteiger partial charge on any atom is 0.0822 e. The lowest BCUT2D eigenvalue weighted by atomic mass is 10.1. The van der Waals surface area contributed by atoms with Crippen LogP contribution in [0.1, 0.15) is 58.8 Å². The molecule has 1 N–H and O–H groups in total. The molecule has 0 aromatic heterocycles. The Morgan fingerprint density at radius 2 is 1.47 bits per heavy atom. The molecule has 3 nitrogen and oxygen atoms in total. The first-order valence-corrected chi connectivity index (χ1v) is 7.23. The molecule has 0 amide bonds. The van der Waals surface area contributed by atoms with E-state index in [0.717, 1.165) is 45.3 Å². The molecule has 3 heteroatoms. The maximum atomic E-state index is 10.2. The average Bonchev–Trinajstić information content (AvgIpc) is 2.34. The maximum absolute atomic E-state index is 10.2. The van der Waals surface area contributed by atoms with E-state index in [2.05, 4.69) is 18.7 Å². The minimum absolute atomic E-state index is 0.0720. The zero-order chi connectivity index (χ0) is 12.9. The van der Waals surface area contributed by atoms with Crippen LogP contribution in [-0.4, -0.2) is 42.4 Å². The molecular formula is C14H30NO2. The Balaban J connectivity index is 3.29.